The van der Waals surface area contributed by atoms with Gasteiger partial charge in [0.15, 0.2) is 5.78 Å². The summed E-state index contributed by atoms with van der Waals surface area (Å²) in [6.45, 7) is 2.01. The molecule has 0 fully saturated rings. The number of Topliss-reactive ketones (excluding diaryl/α,β-unsaturated/α-hetero) is 1. The Hall–Kier alpha value is -1.55. The van der Waals surface area contributed by atoms with Crippen molar-refractivity contribution >= 4 is 5.78 Å². The molecule has 4 heteroatoms. The van der Waals surface area contributed by atoms with E-state index in [1.54, 1.807) is 18.2 Å². The summed E-state index contributed by atoms with van der Waals surface area (Å²) in [6, 6.07) is 5.09. The Balaban J connectivity index is 2.81. The lowest BCUT2D eigenvalue weighted by atomic mass is 10.1. The molecule has 0 heterocycles. The van der Waals surface area contributed by atoms with Crippen LogP contribution < -0.4 is 9.47 Å². The van der Waals surface area contributed by atoms with Crippen LogP contribution in [0.25, 0.3) is 0 Å². The highest BCUT2D eigenvalue weighted by atomic mass is 16.5. The van der Waals surface area contributed by atoms with Crippen LogP contribution in [0.15, 0.2) is 18.2 Å². The maximum absolute atomic E-state index is 11.3. The highest BCUT2D eigenvalue weighted by Gasteiger charge is 2.09. The van der Waals surface area contributed by atoms with E-state index in [1.807, 2.05) is 0 Å². The van der Waals surface area contributed by atoms with E-state index in [-0.39, 0.29) is 12.4 Å². The molecule has 1 aromatic carbocycles. The number of carbonyl (C=O) groups excluding carboxylic acids is 1. The first kappa shape index (κ1) is 12.5. The lowest BCUT2D eigenvalue weighted by Crippen LogP contribution is -2.02. The quantitative estimate of drug-likeness (QED) is 0.589. The Morgan fingerprint density at radius 3 is 2.75 bits per heavy atom. The molecule has 4 nitrogen and oxygen atoms in total. The smallest absolute Gasteiger partial charge is 0.163 e. The first-order chi connectivity index (χ1) is 7.69. The minimum Gasteiger partial charge on any atom is -0.496 e. The van der Waals surface area contributed by atoms with E-state index < -0.39 is 0 Å². The zero-order chi connectivity index (χ0) is 12.0. The molecule has 0 saturated heterocycles. The van der Waals surface area contributed by atoms with Gasteiger partial charge < -0.3 is 14.6 Å². The van der Waals surface area contributed by atoms with Crippen LogP contribution in [0, 0.1) is 0 Å². The fraction of sp³-hybridized carbons (Fsp3) is 0.417. The van der Waals surface area contributed by atoms with Crippen LogP contribution >= 0.6 is 0 Å². The SMILES string of the molecule is COc1ccc(OCCCO)cc1C(C)=O. The number of aliphatic hydroxyl groups excluding tert-OH is 1. The molecular formula is C12H16O4. The summed E-state index contributed by atoms with van der Waals surface area (Å²) >= 11 is 0. The molecule has 0 saturated carbocycles. The molecular weight excluding hydrogens is 208 g/mol. The van der Waals surface area contributed by atoms with Crippen LogP contribution in [0.2, 0.25) is 0 Å². The van der Waals surface area contributed by atoms with Crippen LogP contribution in [0.1, 0.15) is 23.7 Å². The van der Waals surface area contributed by atoms with Crippen LogP contribution in [0.4, 0.5) is 0 Å². The highest BCUT2D eigenvalue weighted by molar-refractivity contribution is 5.97. The van der Waals surface area contributed by atoms with Crippen LogP contribution in [-0.4, -0.2) is 31.2 Å². The number of aliphatic hydroxyl groups is 1. The molecule has 0 bridgehead atoms. The molecule has 0 aromatic heterocycles. The summed E-state index contributed by atoms with van der Waals surface area (Å²) in [5, 5.41) is 8.62. The van der Waals surface area contributed by atoms with Gasteiger partial charge in [-0.25, -0.2) is 0 Å². The second-order valence-electron chi connectivity index (χ2n) is 3.34. The van der Waals surface area contributed by atoms with Crippen molar-refractivity contribution in [2.75, 3.05) is 20.3 Å². The van der Waals surface area contributed by atoms with E-state index in [0.717, 1.165) is 0 Å². The number of ether oxygens (including phenoxy) is 2. The van der Waals surface area contributed by atoms with Crippen molar-refractivity contribution < 1.29 is 19.4 Å². The zero-order valence-electron chi connectivity index (χ0n) is 9.53. The average Bonchev–Trinajstić information content (AvgIpc) is 2.29. The Morgan fingerprint density at radius 1 is 1.44 bits per heavy atom. The number of rotatable bonds is 6. The number of hydrogen-bond acceptors (Lipinski definition) is 4. The van der Waals surface area contributed by atoms with E-state index in [0.29, 0.717) is 30.1 Å². The largest absolute Gasteiger partial charge is 0.496 e. The monoisotopic (exact) mass is 224 g/mol. The third kappa shape index (κ3) is 3.24. The van der Waals surface area contributed by atoms with Gasteiger partial charge in [-0.15, -0.1) is 0 Å². The summed E-state index contributed by atoms with van der Waals surface area (Å²) < 4.78 is 10.4. The zero-order valence-corrected chi connectivity index (χ0v) is 9.53. The summed E-state index contributed by atoms with van der Waals surface area (Å²) in [5.41, 5.74) is 0.504. The van der Waals surface area contributed by atoms with E-state index in [4.69, 9.17) is 14.6 Å². The minimum absolute atomic E-state index is 0.0653. The molecule has 1 aromatic rings. The number of carbonyl (C=O) groups is 1. The molecule has 16 heavy (non-hydrogen) atoms. The molecule has 0 radical (unpaired) electrons. The van der Waals surface area contributed by atoms with Gasteiger partial charge >= 0.3 is 0 Å². The van der Waals surface area contributed by atoms with E-state index >= 15 is 0 Å². The molecule has 0 aliphatic carbocycles. The summed E-state index contributed by atoms with van der Waals surface area (Å²) in [5.74, 6) is 1.09. The first-order valence-corrected chi connectivity index (χ1v) is 5.11. The topological polar surface area (TPSA) is 55.8 Å². The van der Waals surface area contributed by atoms with Crippen molar-refractivity contribution in [2.45, 2.75) is 13.3 Å². The molecule has 0 atom stereocenters. The molecule has 0 amide bonds. The number of methoxy groups -OCH3 is 1. The minimum atomic E-state index is -0.0653. The molecule has 88 valence electrons. The van der Waals surface area contributed by atoms with Gasteiger partial charge in [0.25, 0.3) is 0 Å². The van der Waals surface area contributed by atoms with E-state index in [2.05, 4.69) is 0 Å². The van der Waals surface area contributed by atoms with Gasteiger partial charge in [-0.2, -0.15) is 0 Å². The number of ketones is 1. The third-order valence-electron chi connectivity index (χ3n) is 2.12. The van der Waals surface area contributed by atoms with E-state index in [1.165, 1.54) is 14.0 Å². The fourth-order valence-electron chi connectivity index (χ4n) is 1.31. The van der Waals surface area contributed by atoms with Crippen molar-refractivity contribution in [3.63, 3.8) is 0 Å². The molecule has 0 spiro atoms. The molecule has 0 aliphatic rings. The predicted octanol–water partition coefficient (Wildman–Crippen LogP) is 1.66. The average molecular weight is 224 g/mol. The van der Waals surface area contributed by atoms with Gasteiger partial charge in [0.05, 0.1) is 19.3 Å². The van der Waals surface area contributed by atoms with Gasteiger partial charge in [-0.3, -0.25) is 4.79 Å². The van der Waals surface area contributed by atoms with Crippen molar-refractivity contribution in [1.82, 2.24) is 0 Å². The van der Waals surface area contributed by atoms with Gasteiger partial charge in [0.2, 0.25) is 0 Å². The highest BCUT2D eigenvalue weighted by Crippen LogP contribution is 2.24. The van der Waals surface area contributed by atoms with Crippen molar-refractivity contribution in [3.05, 3.63) is 23.8 Å². The van der Waals surface area contributed by atoms with Crippen LogP contribution in [0.5, 0.6) is 11.5 Å². The Morgan fingerprint density at radius 2 is 2.19 bits per heavy atom. The normalized spacial score (nSPS) is 9.94. The second kappa shape index (κ2) is 6.12. The van der Waals surface area contributed by atoms with Crippen molar-refractivity contribution in [2.24, 2.45) is 0 Å². The van der Waals surface area contributed by atoms with Crippen LogP contribution in [-0.2, 0) is 0 Å². The van der Waals surface area contributed by atoms with Gasteiger partial charge in [-0.05, 0) is 25.1 Å². The predicted molar refractivity (Wildman–Crippen MR) is 60.2 cm³/mol. The lowest BCUT2D eigenvalue weighted by molar-refractivity contribution is 0.101. The Kier molecular flexibility index (Phi) is 4.79. The van der Waals surface area contributed by atoms with Crippen molar-refractivity contribution in [1.29, 1.82) is 0 Å². The number of hydrogen-bond donors (Lipinski definition) is 1. The summed E-state index contributed by atoms with van der Waals surface area (Å²) in [7, 11) is 1.52. The number of benzene rings is 1. The Labute approximate surface area is 94.8 Å². The molecule has 1 N–H and O–H groups in total. The molecule has 1 rings (SSSR count). The Bertz CT molecular complexity index is 360. The maximum Gasteiger partial charge on any atom is 0.163 e. The van der Waals surface area contributed by atoms with Crippen LogP contribution in [0.3, 0.4) is 0 Å². The van der Waals surface area contributed by atoms with Gasteiger partial charge in [0, 0.05) is 13.0 Å². The molecule has 0 unspecified atom stereocenters. The third-order valence-corrected chi connectivity index (χ3v) is 2.12. The lowest BCUT2D eigenvalue weighted by Gasteiger charge is -2.09. The second-order valence-corrected chi connectivity index (χ2v) is 3.34. The standard InChI is InChI=1S/C12H16O4/c1-9(14)11-8-10(16-7-3-6-13)4-5-12(11)15-2/h4-5,8,13H,3,6-7H2,1-2H3. The van der Waals surface area contributed by atoms with Gasteiger partial charge in [0.1, 0.15) is 11.5 Å². The molecule has 0 aliphatic heterocycles. The maximum atomic E-state index is 11.3. The fourth-order valence-corrected chi connectivity index (χ4v) is 1.31. The van der Waals surface area contributed by atoms with E-state index in [9.17, 15) is 4.79 Å². The first-order valence-electron chi connectivity index (χ1n) is 5.11. The summed E-state index contributed by atoms with van der Waals surface area (Å²) in [6.07, 6.45) is 0.571. The summed E-state index contributed by atoms with van der Waals surface area (Å²) in [4.78, 5) is 11.3. The van der Waals surface area contributed by atoms with Gasteiger partial charge in [-0.1, -0.05) is 0 Å². The van der Waals surface area contributed by atoms with Crippen molar-refractivity contribution in [3.8, 4) is 11.5 Å².